The summed E-state index contributed by atoms with van der Waals surface area (Å²) in [5, 5.41) is 4.49. The molecule has 0 aliphatic heterocycles. The first kappa shape index (κ1) is 9.48. The number of nitrogens with zero attached hydrogens (tertiary/aromatic N) is 1. The van der Waals surface area contributed by atoms with Crippen LogP contribution >= 0.6 is 0 Å². The van der Waals surface area contributed by atoms with Crippen LogP contribution in [0.4, 0.5) is 5.82 Å². The zero-order valence-corrected chi connectivity index (χ0v) is 9.64. The van der Waals surface area contributed by atoms with Crippen molar-refractivity contribution in [3.05, 3.63) is 48.7 Å². The smallest absolute Gasteiger partial charge is 0.109 e. The highest BCUT2D eigenvalue weighted by Gasteiger charge is 2.08. The van der Waals surface area contributed by atoms with Gasteiger partial charge in [-0.3, -0.25) is 4.98 Å². The molecular weight excluding hydrogens is 222 g/mol. The number of benzene rings is 2. The fraction of sp³-hybridized carbons (Fsp3) is 0. The summed E-state index contributed by atoms with van der Waals surface area (Å²) in [4.78, 5) is 7.72. The average Bonchev–Trinajstić information content (AvgIpc) is 2.87. The van der Waals surface area contributed by atoms with Crippen LogP contribution < -0.4 is 5.73 Å². The molecule has 0 atom stereocenters. The number of pyridine rings is 1. The molecule has 0 radical (unpaired) electrons. The van der Waals surface area contributed by atoms with E-state index in [1.807, 2.05) is 30.5 Å². The molecule has 0 saturated heterocycles. The third-order valence-electron chi connectivity index (χ3n) is 3.42. The van der Waals surface area contributed by atoms with Crippen molar-refractivity contribution in [2.75, 3.05) is 5.73 Å². The van der Waals surface area contributed by atoms with Gasteiger partial charge in [-0.25, -0.2) is 0 Å². The lowest BCUT2D eigenvalue weighted by molar-refractivity contribution is 1.44. The standard InChI is InChI=1S/C15H11N3/c16-15-11-4-2-1-3-10(11)13-12(18-15)6-5-9-7-8-17-14(9)13/h1-8,18H,16H2. The van der Waals surface area contributed by atoms with Gasteiger partial charge in [0.1, 0.15) is 5.82 Å². The molecule has 18 heavy (non-hydrogen) atoms. The molecule has 2 aromatic heterocycles. The van der Waals surface area contributed by atoms with Crippen LogP contribution in [0, 0.1) is 0 Å². The molecule has 3 N–H and O–H groups in total. The van der Waals surface area contributed by atoms with E-state index in [9.17, 15) is 0 Å². The van der Waals surface area contributed by atoms with Gasteiger partial charge in [0.15, 0.2) is 0 Å². The van der Waals surface area contributed by atoms with Gasteiger partial charge < -0.3 is 10.7 Å². The number of anilines is 1. The van der Waals surface area contributed by atoms with Crippen molar-refractivity contribution < 1.29 is 0 Å². The summed E-state index contributed by atoms with van der Waals surface area (Å²) in [5.41, 5.74) is 8.12. The number of aromatic amines is 1. The minimum atomic E-state index is 0.698. The molecule has 4 rings (SSSR count). The number of hydrogen-bond donors (Lipinski definition) is 2. The summed E-state index contributed by atoms with van der Waals surface area (Å²) in [7, 11) is 0. The number of H-pyrrole nitrogens is 1. The first-order valence-electron chi connectivity index (χ1n) is 5.88. The lowest BCUT2D eigenvalue weighted by atomic mass is 10.0. The maximum atomic E-state index is 6.07. The number of nitrogen functional groups attached to an aromatic ring is 1. The van der Waals surface area contributed by atoms with E-state index in [-0.39, 0.29) is 0 Å². The van der Waals surface area contributed by atoms with Crippen LogP contribution in [-0.2, 0) is 0 Å². The highest BCUT2D eigenvalue weighted by Crippen LogP contribution is 2.32. The molecule has 0 aliphatic carbocycles. The summed E-state index contributed by atoms with van der Waals surface area (Å²) < 4.78 is 0. The average molecular weight is 233 g/mol. The van der Waals surface area contributed by atoms with Gasteiger partial charge in [-0.05, 0) is 17.5 Å². The van der Waals surface area contributed by atoms with Crippen LogP contribution in [0.5, 0.6) is 0 Å². The largest absolute Gasteiger partial charge is 0.385 e. The number of nitrogens with one attached hydrogen (secondary N) is 1. The Balaban J connectivity index is 2.41. The Kier molecular flexibility index (Phi) is 1.70. The zero-order valence-electron chi connectivity index (χ0n) is 9.64. The predicted molar refractivity (Wildman–Crippen MR) is 75.5 cm³/mol. The van der Waals surface area contributed by atoms with Crippen molar-refractivity contribution in [3.63, 3.8) is 0 Å². The second-order valence-electron chi connectivity index (χ2n) is 4.46. The first-order valence-corrected chi connectivity index (χ1v) is 5.88. The molecule has 0 aliphatic rings. The van der Waals surface area contributed by atoms with Crippen molar-refractivity contribution in [1.29, 1.82) is 0 Å². The number of fused-ring (bicyclic) bond motifs is 5. The molecule has 2 heterocycles. The van der Waals surface area contributed by atoms with E-state index in [0.717, 1.165) is 32.6 Å². The predicted octanol–water partition coefficient (Wildman–Crippen LogP) is 3.45. The van der Waals surface area contributed by atoms with Crippen LogP contribution in [0.15, 0.2) is 48.7 Å². The molecule has 0 bridgehead atoms. The normalized spacial score (nSPS) is 11.6. The molecule has 0 spiro atoms. The lowest BCUT2D eigenvalue weighted by Crippen LogP contribution is -1.93. The van der Waals surface area contributed by atoms with Gasteiger partial charge in [-0.2, -0.15) is 0 Å². The minimum absolute atomic E-state index is 0.698. The van der Waals surface area contributed by atoms with Crippen LogP contribution in [-0.4, -0.2) is 9.97 Å². The highest BCUT2D eigenvalue weighted by molar-refractivity contribution is 6.19. The summed E-state index contributed by atoms with van der Waals surface area (Å²) >= 11 is 0. The topological polar surface area (TPSA) is 54.7 Å². The molecule has 0 saturated carbocycles. The van der Waals surface area contributed by atoms with Gasteiger partial charge in [0, 0.05) is 27.9 Å². The van der Waals surface area contributed by atoms with Crippen LogP contribution in [0.1, 0.15) is 0 Å². The second-order valence-corrected chi connectivity index (χ2v) is 4.46. The molecule has 2 aromatic carbocycles. The maximum Gasteiger partial charge on any atom is 0.109 e. The summed E-state index contributed by atoms with van der Waals surface area (Å²) in [6.07, 6.45) is 1.84. The Hall–Kier alpha value is -2.55. The van der Waals surface area contributed by atoms with Gasteiger partial charge in [0.05, 0.1) is 5.52 Å². The first-order chi connectivity index (χ1) is 8.84. The summed E-state index contributed by atoms with van der Waals surface area (Å²) in [6, 6.07) is 14.3. The molecular formula is C15H11N3. The Morgan fingerprint density at radius 2 is 1.78 bits per heavy atom. The molecule has 3 heteroatoms. The molecule has 4 aromatic rings. The number of hydrogen-bond acceptors (Lipinski definition) is 2. The van der Waals surface area contributed by atoms with Gasteiger partial charge in [-0.15, -0.1) is 0 Å². The third kappa shape index (κ3) is 1.10. The van der Waals surface area contributed by atoms with Crippen molar-refractivity contribution in [3.8, 4) is 0 Å². The molecule has 0 fully saturated rings. The molecule has 86 valence electrons. The fourth-order valence-electron chi connectivity index (χ4n) is 2.60. The third-order valence-corrected chi connectivity index (χ3v) is 3.42. The second kappa shape index (κ2) is 3.23. The Bertz CT molecular complexity index is 890. The van der Waals surface area contributed by atoms with Crippen molar-refractivity contribution >= 4 is 38.4 Å². The van der Waals surface area contributed by atoms with E-state index in [4.69, 9.17) is 5.73 Å². The fourth-order valence-corrected chi connectivity index (χ4v) is 2.60. The quantitative estimate of drug-likeness (QED) is 0.457. The minimum Gasteiger partial charge on any atom is -0.385 e. The van der Waals surface area contributed by atoms with Gasteiger partial charge in [0.2, 0.25) is 0 Å². The molecule has 0 amide bonds. The summed E-state index contributed by atoms with van der Waals surface area (Å²) in [6.45, 7) is 0. The Morgan fingerprint density at radius 1 is 0.944 bits per heavy atom. The van der Waals surface area contributed by atoms with E-state index >= 15 is 0 Å². The molecule has 3 nitrogen and oxygen atoms in total. The maximum absolute atomic E-state index is 6.07. The van der Waals surface area contributed by atoms with Crippen LogP contribution in [0.2, 0.25) is 0 Å². The summed E-state index contributed by atoms with van der Waals surface area (Å²) in [5.74, 6) is 0.698. The SMILES string of the molecule is Nc1[nH]c2ccc3ccnc3c2c2ccccc12. The van der Waals surface area contributed by atoms with E-state index in [2.05, 4.69) is 28.2 Å². The Morgan fingerprint density at radius 3 is 2.67 bits per heavy atom. The van der Waals surface area contributed by atoms with Crippen molar-refractivity contribution in [2.45, 2.75) is 0 Å². The van der Waals surface area contributed by atoms with Crippen LogP contribution in [0.25, 0.3) is 32.6 Å². The van der Waals surface area contributed by atoms with Gasteiger partial charge in [0.25, 0.3) is 0 Å². The van der Waals surface area contributed by atoms with E-state index in [1.165, 1.54) is 0 Å². The van der Waals surface area contributed by atoms with E-state index < -0.39 is 0 Å². The number of rotatable bonds is 0. The zero-order chi connectivity index (χ0) is 12.1. The highest BCUT2D eigenvalue weighted by atomic mass is 14.8. The van der Waals surface area contributed by atoms with Crippen molar-refractivity contribution in [1.82, 2.24) is 9.97 Å². The van der Waals surface area contributed by atoms with E-state index in [1.54, 1.807) is 0 Å². The monoisotopic (exact) mass is 233 g/mol. The number of nitrogens with two attached hydrogens (primary N) is 1. The van der Waals surface area contributed by atoms with Gasteiger partial charge >= 0.3 is 0 Å². The van der Waals surface area contributed by atoms with Crippen LogP contribution in [0.3, 0.4) is 0 Å². The van der Waals surface area contributed by atoms with Gasteiger partial charge in [-0.1, -0.05) is 30.3 Å². The van der Waals surface area contributed by atoms with E-state index in [0.29, 0.717) is 5.82 Å². The lowest BCUT2D eigenvalue weighted by Gasteiger charge is -2.08. The molecule has 0 unspecified atom stereocenters. The Labute approximate surface area is 103 Å². The van der Waals surface area contributed by atoms with Crippen molar-refractivity contribution in [2.24, 2.45) is 0 Å². The number of aromatic nitrogens is 2.